The Bertz CT molecular complexity index is 516. The molecule has 0 aromatic heterocycles. The maximum absolute atomic E-state index is 12.0. The predicted octanol–water partition coefficient (Wildman–Crippen LogP) is 2.06. The Morgan fingerprint density at radius 1 is 1.33 bits per heavy atom. The van der Waals surface area contributed by atoms with Crippen LogP contribution in [-0.2, 0) is 11.2 Å². The van der Waals surface area contributed by atoms with E-state index >= 15 is 0 Å². The summed E-state index contributed by atoms with van der Waals surface area (Å²) in [5.41, 5.74) is 2.34. The van der Waals surface area contributed by atoms with Gasteiger partial charge in [0.2, 0.25) is 5.91 Å². The molecule has 0 saturated heterocycles. The SMILES string of the molecule is CCCCNC(=O)NC(=O)CN1c2ccccc2CC1C. The summed E-state index contributed by atoms with van der Waals surface area (Å²) in [4.78, 5) is 25.6. The van der Waals surface area contributed by atoms with Crippen molar-refractivity contribution in [2.45, 2.75) is 39.2 Å². The Morgan fingerprint density at radius 2 is 2.10 bits per heavy atom. The Balaban J connectivity index is 1.87. The van der Waals surface area contributed by atoms with E-state index in [-0.39, 0.29) is 18.5 Å². The summed E-state index contributed by atoms with van der Waals surface area (Å²) >= 11 is 0. The van der Waals surface area contributed by atoms with E-state index in [1.807, 2.05) is 23.1 Å². The molecular weight excluding hydrogens is 266 g/mol. The first-order valence-corrected chi connectivity index (χ1v) is 7.54. The molecule has 2 N–H and O–H groups in total. The van der Waals surface area contributed by atoms with Crippen molar-refractivity contribution in [3.8, 4) is 0 Å². The topological polar surface area (TPSA) is 61.4 Å². The van der Waals surface area contributed by atoms with Crippen LogP contribution in [0.25, 0.3) is 0 Å². The summed E-state index contributed by atoms with van der Waals surface area (Å²) < 4.78 is 0. The number of fused-ring (bicyclic) bond motifs is 1. The lowest BCUT2D eigenvalue weighted by Crippen LogP contribution is -2.46. The molecule has 114 valence electrons. The maximum Gasteiger partial charge on any atom is 0.321 e. The molecule has 0 radical (unpaired) electrons. The number of amides is 3. The fourth-order valence-corrected chi connectivity index (χ4v) is 2.61. The number of unbranched alkanes of at least 4 members (excludes halogenated alkanes) is 1. The first-order valence-electron chi connectivity index (χ1n) is 7.54. The summed E-state index contributed by atoms with van der Waals surface area (Å²) in [7, 11) is 0. The molecule has 0 spiro atoms. The average Bonchev–Trinajstić information content (AvgIpc) is 2.75. The third-order valence-electron chi connectivity index (χ3n) is 3.73. The lowest BCUT2D eigenvalue weighted by Gasteiger charge is -2.23. The number of imide groups is 1. The third-order valence-corrected chi connectivity index (χ3v) is 3.73. The predicted molar refractivity (Wildman–Crippen MR) is 83.4 cm³/mol. The van der Waals surface area contributed by atoms with Gasteiger partial charge in [0.15, 0.2) is 0 Å². The van der Waals surface area contributed by atoms with Crippen molar-refractivity contribution in [1.29, 1.82) is 0 Å². The molecule has 1 atom stereocenters. The van der Waals surface area contributed by atoms with Gasteiger partial charge in [0.1, 0.15) is 0 Å². The molecule has 0 fully saturated rings. The van der Waals surface area contributed by atoms with Crippen molar-refractivity contribution >= 4 is 17.6 Å². The highest BCUT2D eigenvalue weighted by Gasteiger charge is 2.27. The van der Waals surface area contributed by atoms with E-state index in [2.05, 4.69) is 30.5 Å². The molecule has 21 heavy (non-hydrogen) atoms. The van der Waals surface area contributed by atoms with Gasteiger partial charge in [-0.2, -0.15) is 0 Å². The number of urea groups is 1. The van der Waals surface area contributed by atoms with Crippen LogP contribution in [0.3, 0.4) is 0 Å². The first kappa shape index (κ1) is 15.4. The van der Waals surface area contributed by atoms with E-state index in [0.29, 0.717) is 6.54 Å². The highest BCUT2D eigenvalue weighted by atomic mass is 16.2. The summed E-state index contributed by atoms with van der Waals surface area (Å²) in [5.74, 6) is -0.271. The number of nitrogens with one attached hydrogen (secondary N) is 2. The molecule has 5 nitrogen and oxygen atoms in total. The van der Waals surface area contributed by atoms with Gasteiger partial charge in [0.05, 0.1) is 6.54 Å². The zero-order valence-corrected chi connectivity index (χ0v) is 12.7. The Labute approximate surface area is 125 Å². The summed E-state index contributed by atoms with van der Waals surface area (Å²) in [5, 5.41) is 5.07. The van der Waals surface area contributed by atoms with Gasteiger partial charge in [-0.05, 0) is 31.4 Å². The zero-order valence-electron chi connectivity index (χ0n) is 12.7. The number of hydrogen-bond acceptors (Lipinski definition) is 3. The van der Waals surface area contributed by atoms with Gasteiger partial charge in [0.25, 0.3) is 0 Å². The molecule has 5 heteroatoms. The smallest absolute Gasteiger partial charge is 0.321 e. The Hall–Kier alpha value is -2.04. The van der Waals surface area contributed by atoms with E-state index in [4.69, 9.17) is 0 Å². The number of nitrogens with zero attached hydrogens (tertiary/aromatic N) is 1. The number of benzene rings is 1. The molecule has 1 aromatic carbocycles. The van der Waals surface area contributed by atoms with Crippen molar-refractivity contribution in [2.75, 3.05) is 18.0 Å². The van der Waals surface area contributed by atoms with Crippen LogP contribution < -0.4 is 15.5 Å². The minimum absolute atomic E-state index is 0.208. The van der Waals surface area contributed by atoms with Crippen LogP contribution >= 0.6 is 0 Å². The molecule has 1 aromatic rings. The molecule has 0 saturated carbocycles. The monoisotopic (exact) mass is 289 g/mol. The molecule has 1 aliphatic rings. The van der Waals surface area contributed by atoms with E-state index < -0.39 is 6.03 Å². The summed E-state index contributed by atoms with van der Waals surface area (Å²) in [6, 6.07) is 7.95. The highest BCUT2D eigenvalue weighted by Crippen LogP contribution is 2.31. The van der Waals surface area contributed by atoms with E-state index in [1.54, 1.807) is 0 Å². The largest absolute Gasteiger partial charge is 0.359 e. The molecule has 0 bridgehead atoms. The van der Waals surface area contributed by atoms with Gasteiger partial charge in [-0.25, -0.2) is 4.79 Å². The highest BCUT2D eigenvalue weighted by molar-refractivity contribution is 5.96. The van der Waals surface area contributed by atoms with Crippen LogP contribution in [0, 0.1) is 0 Å². The molecule has 3 amide bonds. The van der Waals surface area contributed by atoms with Crippen molar-refractivity contribution in [2.24, 2.45) is 0 Å². The second kappa shape index (κ2) is 7.11. The number of rotatable bonds is 5. The molecule has 1 heterocycles. The Morgan fingerprint density at radius 3 is 2.86 bits per heavy atom. The van der Waals surface area contributed by atoms with E-state index in [0.717, 1.165) is 24.9 Å². The number of anilines is 1. The number of hydrogen-bond donors (Lipinski definition) is 2. The fraction of sp³-hybridized carbons (Fsp3) is 0.500. The standard InChI is InChI=1S/C16H23N3O2/c1-3-4-9-17-16(21)18-15(20)11-19-12(2)10-13-7-5-6-8-14(13)19/h5-8,12H,3-4,9-11H2,1-2H3,(H2,17,18,20,21). The fourth-order valence-electron chi connectivity index (χ4n) is 2.61. The lowest BCUT2D eigenvalue weighted by atomic mass is 10.1. The molecule has 1 aliphatic heterocycles. The second-order valence-corrected chi connectivity index (χ2v) is 5.47. The van der Waals surface area contributed by atoms with Crippen molar-refractivity contribution in [3.63, 3.8) is 0 Å². The molecular formula is C16H23N3O2. The molecule has 2 rings (SSSR count). The number of para-hydroxylation sites is 1. The van der Waals surface area contributed by atoms with Gasteiger partial charge in [-0.15, -0.1) is 0 Å². The second-order valence-electron chi connectivity index (χ2n) is 5.47. The van der Waals surface area contributed by atoms with Gasteiger partial charge in [-0.3, -0.25) is 10.1 Å². The quantitative estimate of drug-likeness (QED) is 0.816. The summed E-state index contributed by atoms with van der Waals surface area (Å²) in [6.45, 7) is 4.95. The van der Waals surface area contributed by atoms with Crippen molar-refractivity contribution in [3.05, 3.63) is 29.8 Å². The van der Waals surface area contributed by atoms with Gasteiger partial charge < -0.3 is 10.2 Å². The van der Waals surface area contributed by atoms with Crippen LogP contribution in [-0.4, -0.2) is 31.1 Å². The number of carbonyl (C=O) groups is 2. The normalized spacial score (nSPS) is 16.5. The van der Waals surface area contributed by atoms with Crippen LogP contribution in [0.1, 0.15) is 32.3 Å². The third kappa shape index (κ3) is 3.97. The minimum Gasteiger partial charge on any atom is -0.359 e. The van der Waals surface area contributed by atoms with Crippen molar-refractivity contribution in [1.82, 2.24) is 10.6 Å². The van der Waals surface area contributed by atoms with E-state index in [1.165, 1.54) is 5.56 Å². The van der Waals surface area contributed by atoms with Gasteiger partial charge >= 0.3 is 6.03 Å². The average molecular weight is 289 g/mol. The van der Waals surface area contributed by atoms with Gasteiger partial charge in [0, 0.05) is 18.3 Å². The van der Waals surface area contributed by atoms with Crippen LogP contribution in [0.2, 0.25) is 0 Å². The summed E-state index contributed by atoms with van der Waals surface area (Å²) in [6.07, 6.45) is 2.86. The Kier molecular flexibility index (Phi) is 5.20. The van der Waals surface area contributed by atoms with Crippen LogP contribution in [0.15, 0.2) is 24.3 Å². The molecule has 0 aliphatic carbocycles. The van der Waals surface area contributed by atoms with Gasteiger partial charge in [-0.1, -0.05) is 31.5 Å². The first-order chi connectivity index (χ1) is 10.1. The molecule has 1 unspecified atom stereocenters. The van der Waals surface area contributed by atoms with Crippen LogP contribution in [0.4, 0.5) is 10.5 Å². The number of carbonyl (C=O) groups excluding carboxylic acids is 2. The van der Waals surface area contributed by atoms with E-state index in [9.17, 15) is 9.59 Å². The maximum atomic E-state index is 12.0. The van der Waals surface area contributed by atoms with Crippen molar-refractivity contribution < 1.29 is 9.59 Å². The minimum atomic E-state index is -0.409. The zero-order chi connectivity index (χ0) is 15.2. The van der Waals surface area contributed by atoms with Crippen LogP contribution in [0.5, 0.6) is 0 Å². The lowest BCUT2D eigenvalue weighted by molar-refractivity contribution is -0.118.